The van der Waals surface area contributed by atoms with Crippen molar-refractivity contribution in [1.82, 2.24) is 0 Å². The van der Waals surface area contributed by atoms with Crippen molar-refractivity contribution < 1.29 is 9.53 Å². The van der Waals surface area contributed by atoms with Gasteiger partial charge in [-0.05, 0) is 18.6 Å². The van der Waals surface area contributed by atoms with Gasteiger partial charge in [0.25, 0.3) is 0 Å². The molecular formula is C12H14O2. The molecular weight excluding hydrogens is 176 g/mol. The highest BCUT2D eigenvalue weighted by molar-refractivity contribution is 5.66. The minimum absolute atomic E-state index is 0.251. The van der Waals surface area contributed by atoms with Crippen LogP contribution in [0.1, 0.15) is 18.1 Å². The lowest BCUT2D eigenvalue weighted by Gasteiger charge is -1.96. The Bertz CT molecular complexity index is 323. The van der Waals surface area contributed by atoms with Crippen LogP contribution < -0.4 is 0 Å². The molecule has 14 heavy (non-hydrogen) atoms. The maximum absolute atomic E-state index is 10.4. The minimum Gasteiger partial charge on any atom is -0.462 e. The van der Waals surface area contributed by atoms with Crippen LogP contribution in [0.2, 0.25) is 0 Å². The fourth-order valence-electron chi connectivity index (χ4n) is 1.03. The third kappa shape index (κ3) is 3.90. The summed E-state index contributed by atoms with van der Waals surface area (Å²) in [7, 11) is 0. The molecule has 74 valence electrons. The zero-order valence-electron chi connectivity index (χ0n) is 8.49. The third-order valence-corrected chi connectivity index (χ3v) is 1.77. The molecule has 0 heterocycles. The highest BCUT2D eigenvalue weighted by Gasteiger charge is 1.88. The monoisotopic (exact) mass is 190 g/mol. The summed E-state index contributed by atoms with van der Waals surface area (Å²) in [4.78, 5) is 10.4. The largest absolute Gasteiger partial charge is 0.462 e. The molecule has 0 radical (unpaired) electrons. The van der Waals surface area contributed by atoms with Gasteiger partial charge < -0.3 is 4.74 Å². The van der Waals surface area contributed by atoms with Crippen LogP contribution >= 0.6 is 0 Å². The molecule has 0 amide bonds. The van der Waals surface area contributed by atoms with E-state index in [0.29, 0.717) is 6.61 Å². The summed E-state index contributed by atoms with van der Waals surface area (Å²) < 4.78 is 4.76. The quantitative estimate of drug-likeness (QED) is 0.685. The molecule has 0 aliphatic heterocycles. The van der Waals surface area contributed by atoms with Gasteiger partial charge in [-0.3, -0.25) is 4.79 Å². The molecule has 0 bridgehead atoms. The van der Waals surface area contributed by atoms with E-state index < -0.39 is 0 Å². The molecule has 0 aliphatic rings. The molecule has 2 nitrogen and oxygen atoms in total. The van der Waals surface area contributed by atoms with Crippen LogP contribution in [0.3, 0.4) is 0 Å². The topological polar surface area (TPSA) is 26.3 Å². The van der Waals surface area contributed by atoms with E-state index in [1.807, 2.05) is 43.3 Å². The summed E-state index contributed by atoms with van der Waals surface area (Å²) in [6.45, 7) is 3.79. The van der Waals surface area contributed by atoms with Crippen LogP contribution in [-0.4, -0.2) is 12.6 Å². The van der Waals surface area contributed by atoms with Gasteiger partial charge in [0.1, 0.15) is 6.61 Å². The van der Waals surface area contributed by atoms with Crippen LogP contribution in [0.5, 0.6) is 0 Å². The molecule has 1 rings (SSSR count). The normalized spacial score (nSPS) is 10.4. The van der Waals surface area contributed by atoms with Crippen molar-refractivity contribution in [2.24, 2.45) is 0 Å². The number of ether oxygens (including phenoxy) is 1. The molecule has 0 spiro atoms. The van der Waals surface area contributed by atoms with Gasteiger partial charge in [-0.1, -0.05) is 35.9 Å². The molecule has 2 heteroatoms. The van der Waals surface area contributed by atoms with Crippen molar-refractivity contribution in [2.75, 3.05) is 6.61 Å². The summed E-state index contributed by atoms with van der Waals surface area (Å²) >= 11 is 0. The first-order valence-corrected chi connectivity index (χ1v) is 4.55. The van der Waals surface area contributed by atoms with E-state index in [1.165, 1.54) is 12.5 Å². The van der Waals surface area contributed by atoms with Gasteiger partial charge in [-0.25, -0.2) is 0 Å². The number of carbonyl (C=O) groups excluding carboxylic acids is 1. The average molecular weight is 190 g/mol. The summed E-state index contributed by atoms with van der Waals surface area (Å²) in [5.74, 6) is -0.251. The summed E-state index contributed by atoms with van der Waals surface area (Å²) in [5, 5.41) is 0. The minimum atomic E-state index is -0.251. The van der Waals surface area contributed by atoms with Crippen molar-refractivity contribution in [1.29, 1.82) is 0 Å². The highest BCUT2D eigenvalue weighted by atomic mass is 16.5. The number of carbonyl (C=O) groups is 1. The third-order valence-electron chi connectivity index (χ3n) is 1.77. The molecule has 0 fully saturated rings. The Morgan fingerprint density at radius 3 is 2.57 bits per heavy atom. The molecule has 0 aromatic heterocycles. The Morgan fingerprint density at radius 2 is 2.00 bits per heavy atom. The van der Waals surface area contributed by atoms with Gasteiger partial charge in [0, 0.05) is 6.92 Å². The first kappa shape index (κ1) is 10.5. The lowest BCUT2D eigenvalue weighted by atomic mass is 10.1. The molecule has 0 N–H and O–H groups in total. The van der Waals surface area contributed by atoms with Crippen molar-refractivity contribution in [2.45, 2.75) is 13.8 Å². The number of hydrogen-bond donors (Lipinski definition) is 0. The fraction of sp³-hybridized carbons (Fsp3) is 0.250. The Kier molecular flexibility index (Phi) is 3.92. The maximum atomic E-state index is 10.4. The first-order chi connectivity index (χ1) is 6.68. The van der Waals surface area contributed by atoms with E-state index in [1.54, 1.807) is 0 Å². The second-order valence-corrected chi connectivity index (χ2v) is 3.12. The number of esters is 1. The average Bonchev–Trinajstić information content (AvgIpc) is 2.15. The van der Waals surface area contributed by atoms with E-state index in [0.717, 1.165) is 5.56 Å². The molecule has 1 aromatic rings. The van der Waals surface area contributed by atoms with Gasteiger partial charge in [-0.15, -0.1) is 0 Å². The second-order valence-electron chi connectivity index (χ2n) is 3.12. The first-order valence-electron chi connectivity index (χ1n) is 4.55. The van der Waals surface area contributed by atoms with Crippen LogP contribution in [0.25, 0.3) is 6.08 Å². The molecule has 0 unspecified atom stereocenters. The van der Waals surface area contributed by atoms with E-state index in [2.05, 4.69) is 0 Å². The predicted octanol–water partition coefficient (Wildman–Crippen LogP) is 2.57. The molecule has 0 saturated heterocycles. The highest BCUT2D eigenvalue weighted by Crippen LogP contribution is 2.04. The molecule has 1 aromatic carbocycles. The zero-order valence-corrected chi connectivity index (χ0v) is 8.49. The Morgan fingerprint density at radius 1 is 1.36 bits per heavy atom. The van der Waals surface area contributed by atoms with Crippen LogP contribution in [0, 0.1) is 6.92 Å². The Labute approximate surface area is 84.2 Å². The maximum Gasteiger partial charge on any atom is 0.302 e. The van der Waals surface area contributed by atoms with Crippen molar-refractivity contribution in [3.8, 4) is 0 Å². The van der Waals surface area contributed by atoms with E-state index in [-0.39, 0.29) is 5.97 Å². The van der Waals surface area contributed by atoms with E-state index in [9.17, 15) is 4.79 Å². The van der Waals surface area contributed by atoms with Gasteiger partial charge in [-0.2, -0.15) is 0 Å². The zero-order chi connectivity index (χ0) is 10.4. The Balaban J connectivity index is 2.44. The van der Waals surface area contributed by atoms with E-state index >= 15 is 0 Å². The van der Waals surface area contributed by atoms with Gasteiger partial charge in [0.05, 0.1) is 0 Å². The standard InChI is InChI=1S/C12H14O2/c1-10-5-7-12(8-6-10)4-3-9-14-11(2)13/h3-8H,9H2,1-2H3/b4-3-. The SMILES string of the molecule is CC(=O)OC/C=C\c1ccc(C)cc1. The van der Waals surface area contributed by atoms with Crippen LogP contribution in [0.15, 0.2) is 30.3 Å². The number of aryl methyl sites for hydroxylation is 1. The summed E-state index contributed by atoms with van der Waals surface area (Å²) in [6, 6.07) is 8.15. The van der Waals surface area contributed by atoms with Crippen molar-refractivity contribution in [3.63, 3.8) is 0 Å². The number of hydrogen-bond acceptors (Lipinski definition) is 2. The number of benzene rings is 1. The molecule has 0 saturated carbocycles. The lowest BCUT2D eigenvalue weighted by molar-refractivity contribution is -0.139. The fourth-order valence-corrected chi connectivity index (χ4v) is 1.03. The molecule has 0 atom stereocenters. The van der Waals surface area contributed by atoms with E-state index in [4.69, 9.17) is 4.74 Å². The predicted molar refractivity (Wildman–Crippen MR) is 56.8 cm³/mol. The van der Waals surface area contributed by atoms with Crippen LogP contribution in [-0.2, 0) is 9.53 Å². The Hall–Kier alpha value is -1.57. The second kappa shape index (κ2) is 5.22. The van der Waals surface area contributed by atoms with Gasteiger partial charge in [0.2, 0.25) is 0 Å². The van der Waals surface area contributed by atoms with Crippen molar-refractivity contribution >= 4 is 12.0 Å². The summed E-state index contributed by atoms with van der Waals surface area (Å²) in [5.41, 5.74) is 2.35. The smallest absolute Gasteiger partial charge is 0.302 e. The van der Waals surface area contributed by atoms with Crippen molar-refractivity contribution in [3.05, 3.63) is 41.5 Å². The lowest BCUT2D eigenvalue weighted by Crippen LogP contribution is -1.97. The van der Waals surface area contributed by atoms with Gasteiger partial charge in [0.15, 0.2) is 0 Å². The van der Waals surface area contributed by atoms with Gasteiger partial charge >= 0.3 is 5.97 Å². The summed E-state index contributed by atoms with van der Waals surface area (Å²) in [6.07, 6.45) is 3.76. The molecule has 0 aliphatic carbocycles. The number of rotatable bonds is 3. The van der Waals surface area contributed by atoms with Crippen LogP contribution in [0.4, 0.5) is 0 Å².